The fourth-order valence-corrected chi connectivity index (χ4v) is 3.15. The molecule has 3 nitrogen and oxygen atoms in total. The highest BCUT2D eigenvalue weighted by molar-refractivity contribution is 7.99. The van der Waals surface area contributed by atoms with Crippen LogP contribution in [0.4, 0.5) is 8.78 Å². The van der Waals surface area contributed by atoms with Crippen molar-refractivity contribution in [1.82, 2.24) is 4.57 Å². The third-order valence-electron chi connectivity index (χ3n) is 2.85. The summed E-state index contributed by atoms with van der Waals surface area (Å²) in [4.78, 5) is 12.0. The van der Waals surface area contributed by atoms with Crippen LogP contribution in [0.3, 0.4) is 0 Å². The smallest absolute Gasteiger partial charge is 0.274 e. The summed E-state index contributed by atoms with van der Waals surface area (Å²) in [7, 11) is 0. The number of halogens is 3. The Morgan fingerprint density at radius 1 is 1.25 bits per heavy atom. The van der Waals surface area contributed by atoms with Gasteiger partial charge in [-0.25, -0.2) is 4.39 Å². The molecule has 1 aromatic carbocycles. The Morgan fingerprint density at radius 2 is 1.95 bits per heavy atom. The van der Waals surface area contributed by atoms with Crippen molar-refractivity contribution in [1.29, 1.82) is 0 Å². The van der Waals surface area contributed by atoms with Crippen LogP contribution in [0.25, 0.3) is 0 Å². The van der Waals surface area contributed by atoms with Gasteiger partial charge in [-0.2, -0.15) is 4.39 Å². The van der Waals surface area contributed by atoms with Crippen LogP contribution < -0.4 is 10.3 Å². The molecule has 0 aliphatic carbocycles. The number of benzene rings is 1. The summed E-state index contributed by atoms with van der Waals surface area (Å²) in [6.07, 6.45) is 0. The van der Waals surface area contributed by atoms with Gasteiger partial charge in [0.1, 0.15) is 16.6 Å². The molecule has 0 saturated carbocycles. The van der Waals surface area contributed by atoms with E-state index in [1.807, 2.05) is 0 Å². The first-order valence-corrected chi connectivity index (χ1v) is 7.12. The van der Waals surface area contributed by atoms with Gasteiger partial charge < -0.3 is 4.74 Å². The van der Waals surface area contributed by atoms with E-state index >= 15 is 0 Å². The van der Waals surface area contributed by atoms with Gasteiger partial charge in [0, 0.05) is 12.3 Å². The van der Waals surface area contributed by atoms with Gasteiger partial charge in [0.25, 0.3) is 5.56 Å². The van der Waals surface area contributed by atoms with Crippen molar-refractivity contribution in [2.24, 2.45) is 0 Å². The van der Waals surface area contributed by atoms with Crippen molar-refractivity contribution in [3.05, 3.63) is 51.3 Å². The van der Waals surface area contributed by atoms with Gasteiger partial charge in [-0.15, -0.1) is 11.8 Å². The Bertz CT molecular complexity index is 731. The maximum atomic E-state index is 14.3. The lowest BCUT2D eigenvalue weighted by molar-refractivity contribution is 0.419. The molecule has 0 unspecified atom stereocenters. The Balaban J connectivity index is 2.08. The van der Waals surface area contributed by atoms with Crippen LogP contribution in [0.2, 0.25) is 5.02 Å². The summed E-state index contributed by atoms with van der Waals surface area (Å²) in [5.74, 6) is -0.596. The Labute approximate surface area is 122 Å². The molecule has 0 bridgehead atoms. The minimum atomic E-state index is -0.665. The number of thioether (sulfide) groups is 1. The number of pyridine rings is 1. The summed E-state index contributed by atoms with van der Waals surface area (Å²) >= 11 is 7.12. The van der Waals surface area contributed by atoms with E-state index in [0.29, 0.717) is 12.3 Å². The van der Waals surface area contributed by atoms with Crippen LogP contribution in [0.1, 0.15) is 0 Å². The molecule has 0 fully saturated rings. The zero-order valence-electron chi connectivity index (χ0n) is 10.0. The molecule has 2 aromatic rings. The molecule has 0 amide bonds. The molecular formula is C13H8ClF2NO2S. The second-order valence-corrected chi connectivity index (χ2v) is 5.59. The van der Waals surface area contributed by atoms with Gasteiger partial charge in [-0.1, -0.05) is 11.6 Å². The lowest BCUT2D eigenvalue weighted by Gasteiger charge is -2.11. The van der Waals surface area contributed by atoms with E-state index in [2.05, 4.69) is 0 Å². The molecule has 2 heterocycles. The molecule has 0 radical (unpaired) electrons. The van der Waals surface area contributed by atoms with Crippen LogP contribution in [-0.4, -0.2) is 10.3 Å². The van der Waals surface area contributed by atoms with Crippen molar-refractivity contribution >= 4 is 23.4 Å². The van der Waals surface area contributed by atoms with Gasteiger partial charge in [0.2, 0.25) is 0 Å². The molecular weight excluding hydrogens is 308 g/mol. The molecule has 1 aliphatic rings. The Kier molecular flexibility index (Phi) is 3.43. The third kappa shape index (κ3) is 2.19. The number of nitrogens with zero attached hydrogens (tertiary/aromatic N) is 1. The first-order chi connectivity index (χ1) is 9.58. The Hall–Kier alpha value is -1.53. The van der Waals surface area contributed by atoms with Crippen molar-refractivity contribution in [3.63, 3.8) is 0 Å². The Morgan fingerprint density at radius 3 is 2.65 bits per heavy atom. The largest absolute Gasteiger partial charge is 0.452 e. The molecule has 1 aliphatic heterocycles. The van der Waals surface area contributed by atoms with Crippen LogP contribution in [0.5, 0.6) is 11.5 Å². The summed E-state index contributed by atoms with van der Waals surface area (Å²) in [5, 5.41) is -0.0883. The molecule has 0 spiro atoms. The average Bonchev–Trinajstić information content (AvgIpc) is 2.93. The van der Waals surface area contributed by atoms with Crippen molar-refractivity contribution in [2.75, 3.05) is 5.75 Å². The van der Waals surface area contributed by atoms with Gasteiger partial charge in [-0.05, 0) is 24.3 Å². The predicted octanol–water partition coefficient (Wildman–Crippen LogP) is 3.68. The standard InChI is InChI=1S/C13H8ClF2NO2S/c14-9-11(19-8-3-1-7(15)2-4-8)10(16)13-17(12(9)18)5-6-20-13/h1-4H,5-6H2. The quantitative estimate of drug-likeness (QED) is 0.847. The van der Waals surface area contributed by atoms with E-state index in [0.717, 1.165) is 0 Å². The lowest BCUT2D eigenvalue weighted by Crippen LogP contribution is -2.21. The zero-order valence-corrected chi connectivity index (χ0v) is 11.6. The van der Waals surface area contributed by atoms with E-state index in [4.69, 9.17) is 16.3 Å². The number of fused-ring (bicyclic) bond motifs is 1. The van der Waals surface area contributed by atoms with Crippen LogP contribution in [0.15, 0.2) is 34.1 Å². The van der Waals surface area contributed by atoms with Crippen molar-refractivity contribution in [3.8, 4) is 11.5 Å². The minimum absolute atomic E-state index is 0.208. The molecule has 7 heteroatoms. The highest BCUT2D eigenvalue weighted by Gasteiger charge is 2.26. The van der Waals surface area contributed by atoms with Crippen LogP contribution in [-0.2, 0) is 6.54 Å². The molecule has 104 valence electrons. The maximum absolute atomic E-state index is 14.3. The summed E-state index contributed by atoms with van der Waals surface area (Å²) < 4.78 is 33.7. The maximum Gasteiger partial charge on any atom is 0.274 e. The van der Waals surface area contributed by atoms with Gasteiger partial charge in [-0.3, -0.25) is 9.36 Å². The lowest BCUT2D eigenvalue weighted by atomic mass is 10.3. The van der Waals surface area contributed by atoms with Gasteiger partial charge in [0.15, 0.2) is 16.6 Å². The monoisotopic (exact) mass is 315 g/mol. The molecule has 0 atom stereocenters. The van der Waals surface area contributed by atoms with E-state index in [1.54, 1.807) is 0 Å². The number of ether oxygens (including phenoxy) is 1. The normalized spacial score (nSPS) is 13.3. The fourth-order valence-electron chi connectivity index (χ4n) is 1.91. The van der Waals surface area contributed by atoms with Crippen molar-refractivity contribution < 1.29 is 13.5 Å². The second-order valence-electron chi connectivity index (χ2n) is 4.12. The van der Waals surface area contributed by atoms with Gasteiger partial charge >= 0.3 is 0 Å². The minimum Gasteiger partial charge on any atom is -0.452 e. The number of aromatic nitrogens is 1. The van der Waals surface area contributed by atoms with E-state index in [9.17, 15) is 13.6 Å². The van der Waals surface area contributed by atoms with E-state index in [-0.39, 0.29) is 21.5 Å². The number of rotatable bonds is 2. The number of hydrogen-bond donors (Lipinski definition) is 0. The predicted molar refractivity (Wildman–Crippen MR) is 72.9 cm³/mol. The highest BCUT2D eigenvalue weighted by Crippen LogP contribution is 2.37. The first kappa shape index (κ1) is 13.5. The molecule has 0 saturated heterocycles. The highest BCUT2D eigenvalue weighted by atomic mass is 35.5. The zero-order chi connectivity index (χ0) is 14.3. The summed E-state index contributed by atoms with van der Waals surface area (Å²) in [6, 6.07) is 5.03. The molecule has 1 aromatic heterocycles. The second kappa shape index (κ2) is 5.10. The first-order valence-electron chi connectivity index (χ1n) is 5.76. The van der Waals surface area contributed by atoms with E-state index < -0.39 is 17.2 Å². The molecule has 20 heavy (non-hydrogen) atoms. The van der Waals surface area contributed by atoms with Gasteiger partial charge in [0.05, 0.1) is 0 Å². The fraction of sp³-hybridized carbons (Fsp3) is 0.154. The summed E-state index contributed by atoms with van der Waals surface area (Å²) in [6.45, 7) is 0.423. The van der Waals surface area contributed by atoms with E-state index in [1.165, 1.54) is 40.6 Å². The van der Waals surface area contributed by atoms with Crippen molar-refractivity contribution in [2.45, 2.75) is 11.6 Å². The average molecular weight is 316 g/mol. The number of hydrogen-bond acceptors (Lipinski definition) is 3. The summed E-state index contributed by atoms with van der Waals surface area (Å²) in [5.41, 5.74) is -0.481. The SMILES string of the molecule is O=c1c(Cl)c(Oc2ccc(F)cc2)c(F)c2n1CCS2. The topological polar surface area (TPSA) is 31.2 Å². The molecule has 0 N–H and O–H groups in total. The van der Waals surface area contributed by atoms with Crippen LogP contribution in [0, 0.1) is 11.6 Å². The molecule has 3 rings (SSSR count). The van der Waals surface area contributed by atoms with Crippen LogP contribution >= 0.6 is 23.4 Å². The third-order valence-corrected chi connectivity index (χ3v) is 4.24.